The third-order valence-electron chi connectivity index (χ3n) is 4.66. The molecule has 0 aromatic carbocycles. The molecule has 25 heavy (non-hydrogen) atoms. The van der Waals surface area contributed by atoms with Gasteiger partial charge in [0.1, 0.15) is 11.2 Å². The number of aryl methyl sites for hydroxylation is 1. The van der Waals surface area contributed by atoms with Gasteiger partial charge >= 0.3 is 0 Å². The first-order chi connectivity index (χ1) is 11.9. The van der Waals surface area contributed by atoms with Crippen LogP contribution in [0, 0.1) is 6.92 Å². The molecule has 1 fully saturated rings. The summed E-state index contributed by atoms with van der Waals surface area (Å²) >= 11 is 0. The number of hydrogen-bond donors (Lipinski definition) is 1. The molecule has 2 aromatic heterocycles. The first-order valence-corrected chi connectivity index (χ1v) is 8.47. The van der Waals surface area contributed by atoms with E-state index in [1.54, 1.807) is 6.20 Å². The zero-order chi connectivity index (χ0) is 18.0. The van der Waals surface area contributed by atoms with Gasteiger partial charge in [0.05, 0.1) is 13.2 Å². The first kappa shape index (κ1) is 17.6. The maximum absolute atomic E-state index is 12.5. The lowest BCUT2D eigenvalue weighted by molar-refractivity contribution is -0.00923. The van der Waals surface area contributed by atoms with Gasteiger partial charge in [-0.05, 0) is 38.5 Å². The van der Waals surface area contributed by atoms with Gasteiger partial charge in [0, 0.05) is 37.6 Å². The average Bonchev–Trinajstić information content (AvgIpc) is 2.61. The van der Waals surface area contributed by atoms with Crippen molar-refractivity contribution in [3.63, 3.8) is 0 Å². The Hall–Kier alpha value is -2.25. The summed E-state index contributed by atoms with van der Waals surface area (Å²) in [6.07, 6.45) is 3.00. The Morgan fingerprint density at radius 1 is 1.36 bits per heavy atom. The van der Waals surface area contributed by atoms with Gasteiger partial charge in [-0.2, -0.15) is 0 Å². The Kier molecular flexibility index (Phi) is 4.87. The van der Waals surface area contributed by atoms with Crippen molar-refractivity contribution in [3.8, 4) is 0 Å². The average molecular weight is 344 g/mol. The van der Waals surface area contributed by atoms with Crippen molar-refractivity contribution in [2.45, 2.75) is 26.3 Å². The van der Waals surface area contributed by atoms with E-state index in [9.17, 15) is 9.59 Å². The molecule has 3 rings (SSSR count). The van der Waals surface area contributed by atoms with Gasteiger partial charge in [0.15, 0.2) is 0 Å². The third kappa shape index (κ3) is 3.72. The molecule has 3 heterocycles. The number of carbonyl (C=O) groups excluding carboxylic acids is 1. The molecular formula is C18H24N4O3. The van der Waals surface area contributed by atoms with E-state index in [4.69, 9.17) is 4.74 Å². The van der Waals surface area contributed by atoms with E-state index in [1.807, 2.05) is 19.1 Å². The van der Waals surface area contributed by atoms with Crippen LogP contribution in [0.1, 0.15) is 29.8 Å². The van der Waals surface area contributed by atoms with Crippen LogP contribution < -0.4 is 10.9 Å². The highest BCUT2D eigenvalue weighted by molar-refractivity contribution is 5.93. The molecular weight excluding hydrogens is 320 g/mol. The Morgan fingerprint density at radius 2 is 2.08 bits per heavy atom. The Bertz CT molecular complexity index is 838. The van der Waals surface area contributed by atoms with Crippen LogP contribution in [0.4, 0.5) is 0 Å². The van der Waals surface area contributed by atoms with E-state index < -0.39 is 5.91 Å². The third-order valence-corrected chi connectivity index (χ3v) is 4.66. The molecule has 0 aliphatic carbocycles. The van der Waals surface area contributed by atoms with Gasteiger partial charge in [0.25, 0.3) is 11.5 Å². The van der Waals surface area contributed by atoms with E-state index in [-0.39, 0.29) is 16.7 Å². The lowest BCUT2D eigenvalue weighted by atomic mass is 10.0. The molecule has 0 atom stereocenters. The number of nitrogens with zero attached hydrogens (tertiary/aromatic N) is 3. The summed E-state index contributed by atoms with van der Waals surface area (Å²) < 4.78 is 6.77. The fraction of sp³-hybridized carbons (Fsp3) is 0.500. The molecule has 1 aliphatic rings. The van der Waals surface area contributed by atoms with Crippen molar-refractivity contribution in [2.24, 2.45) is 0 Å². The van der Waals surface area contributed by atoms with Crippen molar-refractivity contribution >= 4 is 11.6 Å². The zero-order valence-electron chi connectivity index (χ0n) is 14.9. The monoisotopic (exact) mass is 344 g/mol. The van der Waals surface area contributed by atoms with Gasteiger partial charge in [-0.25, -0.2) is 4.98 Å². The van der Waals surface area contributed by atoms with Crippen molar-refractivity contribution in [1.82, 2.24) is 19.6 Å². The summed E-state index contributed by atoms with van der Waals surface area (Å²) in [7, 11) is 0. The Balaban J connectivity index is 1.75. The summed E-state index contributed by atoms with van der Waals surface area (Å²) in [4.78, 5) is 31.6. The summed E-state index contributed by atoms with van der Waals surface area (Å²) in [5.41, 5.74) is 1.04. The van der Waals surface area contributed by atoms with Crippen LogP contribution in [0.3, 0.4) is 0 Å². The highest BCUT2D eigenvalue weighted by Crippen LogP contribution is 2.15. The molecule has 1 N–H and O–H groups in total. The maximum Gasteiger partial charge on any atom is 0.270 e. The molecule has 7 nitrogen and oxygen atoms in total. The van der Waals surface area contributed by atoms with Crippen LogP contribution in [0.2, 0.25) is 0 Å². The minimum atomic E-state index is -0.395. The topological polar surface area (TPSA) is 75.9 Å². The first-order valence-electron chi connectivity index (χ1n) is 8.47. The molecule has 7 heteroatoms. The van der Waals surface area contributed by atoms with E-state index in [2.05, 4.69) is 29.0 Å². The maximum atomic E-state index is 12.5. The van der Waals surface area contributed by atoms with E-state index >= 15 is 0 Å². The highest BCUT2D eigenvalue weighted by Gasteiger charge is 2.29. The van der Waals surface area contributed by atoms with Crippen LogP contribution in [0.5, 0.6) is 0 Å². The van der Waals surface area contributed by atoms with Gasteiger partial charge < -0.3 is 10.1 Å². The van der Waals surface area contributed by atoms with Crippen LogP contribution in [0.15, 0.2) is 29.3 Å². The van der Waals surface area contributed by atoms with Crippen LogP contribution >= 0.6 is 0 Å². The number of amides is 1. The number of carbonyl (C=O) groups is 1. The molecule has 1 amide bonds. The van der Waals surface area contributed by atoms with Crippen LogP contribution in [-0.4, -0.2) is 58.6 Å². The molecule has 0 spiro atoms. The highest BCUT2D eigenvalue weighted by atomic mass is 16.5. The molecule has 0 saturated carbocycles. The lowest BCUT2D eigenvalue weighted by Gasteiger charge is -2.40. The molecule has 1 saturated heterocycles. The Labute approximate surface area is 146 Å². The molecule has 0 unspecified atom stereocenters. The van der Waals surface area contributed by atoms with Crippen LogP contribution in [-0.2, 0) is 4.74 Å². The lowest BCUT2D eigenvalue weighted by Crippen LogP contribution is -2.55. The standard InChI is InChI=1S/C18H24N4O3/c1-13-4-5-22-15(10-13)19-11-14(17(22)24)16(23)20-12-18(2,3)21-6-8-25-9-7-21/h4-5,10-11H,6-9,12H2,1-3H3,(H,20,23). The fourth-order valence-corrected chi connectivity index (χ4v) is 3.00. The predicted molar refractivity (Wildman–Crippen MR) is 95.0 cm³/mol. The molecule has 1 aliphatic heterocycles. The van der Waals surface area contributed by atoms with Gasteiger partial charge in [-0.1, -0.05) is 0 Å². The molecule has 0 radical (unpaired) electrons. The van der Waals surface area contributed by atoms with Crippen LogP contribution in [0.25, 0.3) is 5.65 Å². The second-order valence-electron chi connectivity index (χ2n) is 7.00. The number of rotatable bonds is 4. The SMILES string of the molecule is Cc1ccn2c(=O)c(C(=O)NCC(C)(C)N3CCOCC3)cnc2c1. The minimum Gasteiger partial charge on any atom is -0.379 e. The number of ether oxygens (including phenoxy) is 1. The number of nitrogens with one attached hydrogen (secondary N) is 1. The Morgan fingerprint density at radius 3 is 2.80 bits per heavy atom. The summed E-state index contributed by atoms with van der Waals surface area (Å²) in [6, 6.07) is 3.63. The largest absolute Gasteiger partial charge is 0.379 e. The number of pyridine rings is 1. The molecule has 2 aromatic rings. The second-order valence-corrected chi connectivity index (χ2v) is 7.00. The number of fused-ring (bicyclic) bond motifs is 1. The fourth-order valence-electron chi connectivity index (χ4n) is 3.00. The van der Waals surface area contributed by atoms with Gasteiger partial charge in [-0.3, -0.25) is 18.9 Å². The zero-order valence-corrected chi connectivity index (χ0v) is 14.9. The van der Waals surface area contributed by atoms with Crippen molar-refractivity contribution < 1.29 is 9.53 Å². The van der Waals surface area contributed by atoms with Crippen molar-refractivity contribution in [2.75, 3.05) is 32.8 Å². The summed E-state index contributed by atoms with van der Waals surface area (Å²) in [6.45, 7) is 9.60. The normalized spacial score (nSPS) is 16.1. The van der Waals surface area contributed by atoms with Crippen molar-refractivity contribution in [1.29, 1.82) is 0 Å². The number of hydrogen-bond acceptors (Lipinski definition) is 5. The number of aromatic nitrogens is 2. The van der Waals surface area contributed by atoms with E-state index in [0.717, 1.165) is 18.7 Å². The smallest absolute Gasteiger partial charge is 0.270 e. The van der Waals surface area contributed by atoms with Gasteiger partial charge in [0.2, 0.25) is 0 Å². The minimum absolute atomic E-state index is 0.0548. The molecule has 134 valence electrons. The summed E-state index contributed by atoms with van der Waals surface area (Å²) in [5.74, 6) is -0.395. The molecule has 0 bridgehead atoms. The predicted octanol–water partition coefficient (Wildman–Crippen LogP) is 0.844. The summed E-state index contributed by atoms with van der Waals surface area (Å²) in [5, 5.41) is 2.88. The number of morpholine rings is 1. The second kappa shape index (κ2) is 6.93. The van der Waals surface area contributed by atoms with E-state index in [1.165, 1.54) is 10.6 Å². The van der Waals surface area contributed by atoms with Crippen molar-refractivity contribution in [3.05, 3.63) is 46.0 Å². The van der Waals surface area contributed by atoms with Gasteiger partial charge in [-0.15, -0.1) is 0 Å². The van der Waals surface area contributed by atoms with E-state index in [0.29, 0.717) is 25.4 Å². The quantitative estimate of drug-likeness (QED) is 0.890.